The third kappa shape index (κ3) is 4.82. The first kappa shape index (κ1) is 18.0. The van der Waals surface area contributed by atoms with Gasteiger partial charge in [0.2, 0.25) is 5.91 Å². The Kier molecular flexibility index (Phi) is 6.79. The molecule has 0 aliphatic carbocycles. The molecule has 24 heavy (non-hydrogen) atoms. The van der Waals surface area contributed by atoms with E-state index in [1.54, 1.807) is 6.92 Å². The number of nitrogens with one attached hydrogen (secondary N) is 1. The van der Waals surface area contributed by atoms with Crippen LogP contribution in [-0.4, -0.2) is 16.7 Å². The smallest absolute Gasteiger partial charge is 0.240 e. The van der Waals surface area contributed by atoms with E-state index in [0.29, 0.717) is 17.7 Å². The summed E-state index contributed by atoms with van der Waals surface area (Å²) in [6.45, 7) is 3.96. The summed E-state index contributed by atoms with van der Waals surface area (Å²) < 4.78 is 0. The largest absolute Gasteiger partial charge is 0.507 e. The fourth-order valence-corrected chi connectivity index (χ4v) is 2.70. The van der Waals surface area contributed by atoms with E-state index in [0.717, 1.165) is 23.6 Å². The van der Waals surface area contributed by atoms with E-state index in [2.05, 4.69) is 17.5 Å². The van der Waals surface area contributed by atoms with Crippen LogP contribution in [0.2, 0.25) is 0 Å². The molecule has 0 fully saturated rings. The van der Waals surface area contributed by atoms with Crippen molar-refractivity contribution in [3.63, 3.8) is 0 Å². The molecule has 0 atom stereocenters. The van der Waals surface area contributed by atoms with Crippen molar-refractivity contribution < 1.29 is 9.90 Å². The van der Waals surface area contributed by atoms with E-state index < -0.39 is 0 Å². The maximum atomic E-state index is 11.8. The van der Waals surface area contributed by atoms with Crippen molar-refractivity contribution in [1.29, 1.82) is 0 Å². The topological polar surface area (TPSA) is 61.7 Å². The Hall–Kier alpha value is -2.36. The molecular formula is C20H26N2O2. The summed E-state index contributed by atoms with van der Waals surface area (Å²) >= 11 is 0. The van der Waals surface area contributed by atoms with Crippen LogP contribution in [0.1, 0.15) is 57.9 Å². The summed E-state index contributed by atoms with van der Waals surface area (Å²) in [7, 11) is 0. The lowest BCUT2D eigenvalue weighted by Gasteiger charge is -2.08. The minimum absolute atomic E-state index is 0.0777. The average Bonchev–Trinajstić information content (AvgIpc) is 2.60. The van der Waals surface area contributed by atoms with E-state index in [-0.39, 0.29) is 11.7 Å². The number of fused-ring (bicyclic) bond motifs is 1. The number of unbranched alkanes of at least 4 members (excludes halogenated alkanes) is 4. The van der Waals surface area contributed by atoms with Gasteiger partial charge >= 0.3 is 0 Å². The highest BCUT2D eigenvalue weighted by molar-refractivity contribution is 6.06. The molecule has 2 N–H and O–H groups in total. The maximum absolute atomic E-state index is 11.8. The molecule has 1 amide bonds. The van der Waals surface area contributed by atoms with Gasteiger partial charge in [0.05, 0.1) is 5.71 Å². The Morgan fingerprint density at radius 2 is 1.83 bits per heavy atom. The number of hydrogen-bond donors (Lipinski definition) is 2. The van der Waals surface area contributed by atoms with Gasteiger partial charge in [-0.05, 0) is 24.8 Å². The molecule has 128 valence electrons. The Bertz CT molecular complexity index is 723. The Morgan fingerprint density at radius 1 is 1.08 bits per heavy atom. The number of phenolic OH excluding ortho intramolecular Hbond substituents is 1. The number of nitrogens with zero attached hydrogens (tertiary/aromatic N) is 1. The van der Waals surface area contributed by atoms with E-state index in [4.69, 9.17) is 0 Å². The van der Waals surface area contributed by atoms with E-state index in [1.807, 2.05) is 36.4 Å². The van der Waals surface area contributed by atoms with Crippen LogP contribution in [0.4, 0.5) is 0 Å². The van der Waals surface area contributed by atoms with Crippen LogP contribution in [0.5, 0.6) is 5.75 Å². The van der Waals surface area contributed by atoms with Crippen LogP contribution in [0, 0.1) is 0 Å². The zero-order chi connectivity index (χ0) is 17.4. The standard InChI is InChI=1S/C20H26N2O2/c1-3-4-5-6-7-12-19(23)22-21-15(2)17-14-13-16-10-8-9-11-18(16)20(17)24/h8-11,13-14,24H,3-7,12H2,1-2H3,(H,22,23). The number of amides is 1. The van der Waals surface area contributed by atoms with Gasteiger partial charge in [-0.15, -0.1) is 0 Å². The second-order valence-electron chi connectivity index (χ2n) is 6.08. The highest BCUT2D eigenvalue weighted by Gasteiger charge is 2.09. The molecule has 0 aliphatic heterocycles. The Balaban J connectivity index is 1.96. The molecule has 2 rings (SSSR count). The van der Waals surface area contributed by atoms with Gasteiger partial charge in [-0.25, -0.2) is 5.43 Å². The SMILES string of the molecule is CCCCCCCC(=O)NN=C(C)c1ccc2ccccc2c1O. The number of rotatable bonds is 8. The zero-order valence-corrected chi connectivity index (χ0v) is 14.5. The second-order valence-corrected chi connectivity index (χ2v) is 6.08. The summed E-state index contributed by atoms with van der Waals surface area (Å²) in [5.41, 5.74) is 3.82. The molecule has 2 aromatic carbocycles. The van der Waals surface area contributed by atoms with Crippen molar-refractivity contribution in [3.8, 4) is 5.75 Å². The minimum Gasteiger partial charge on any atom is -0.507 e. The third-order valence-electron chi connectivity index (χ3n) is 4.15. The van der Waals surface area contributed by atoms with E-state index >= 15 is 0 Å². The average molecular weight is 326 g/mol. The quantitative estimate of drug-likeness (QED) is 0.418. The van der Waals surface area contributed by atoms with E-state index in [9.17, 15) is 9.90 Å². The predicted molar refractivity (Wildman–Crippen MR) is 99.3 cm³/mol. The van der Waals surface area contributed by atoms with Crippen molar-refractivity contribution in [2.45, 2.75) is 52.4 Å². The first-order valence-electron chi connectivity index (χ1n) is 8.67. The molecule has 0 spiro atoms. The molecule has 0 saturated carbocycles. The lowest BCUT2D eigenvalue weighted by atomic mass is 10.0. The fraction of sp³-hybridized carbons (Fsp3) is 0.400. The molecule has 0 heterocycles. The molecular weight excluding hydrogens is 300 g/mol. The van der Waals surface area contributed by atoms with Gasteiger partial charge in [0.1, 0.15) is 5.75 Å². The molecule has 0 aromatic heterocycles. The van der Waals surface area contributed by atoms with Crippen LogP contribution in [0.3, 0.4) is 0 Å². The van der Waals surface area contributed by atoms with Gasteiger partial charge in [0, 0.05) is 17.4 Å². The number of carbonyl (C=O) groups excluding carboxylic acids is 1. The first-order chi connectivity index (χ1) is 11.6. The van der Waals surface area contributed by atoms with Gasteiger partial charge in [-0.1, -0.05) is 62.9 Å². The predicted octanol–water partition coefficient (Wildman–Crippen LogP) is 4.75. The molecule has 0 unspecified atom stereocenters. The molecule has 4 heteroatoms. The number of hydrogen-bond acceptors (Lipinski definition) is 3. The number of benzene rings is 2. The summed E-state index contributed by atoms with van der Waals surface area (Å²) in [5, 5.41) is 16.3. The van der Waals surface area contributed by atoms with Crippen molar-refractivity contribution in [1.82, 2.24) is 5.43 Å². The molecule has 0 saturated heterocycles. The van der Waals surface area contributed by atoms with Crippen molar-refractivity contribution in [3.05, 3.63) is 42.0 Å². The molecule has 2 aromatic rings. The van der Waals surface area contributed by atoms with Gasteiger partial charge in [-0.3, -0.25) is 4.79 Å². The van der Waals surface area contributed by atoms with Crippen LogP contribution < -0.4 is 5.43 Å². The fourth-order valence-electron chi connectivity index (χ4n) is 2.70. The summed E-state index contributed by atoms with van der Waals surface area (Å²) in [4.78, 5) is 11.8. The van der Waals surface area contributed by atoms with E-state index in [1.165, 1.54) is 19.3 Å². The summed E-state index contributed by atoms with van der Waals surface area (Å²) in [5.74, 6) is 0.120. The monoisotopic (exact) mass is 326 g/mol. The second kappa shape index (κ2) is 9.06. The summed E-state index contributed by atoms with van der Waals surface area (Å²) in [6, 6.07) is 11.4. The minimum atomic E-state index is -0.0777. The van der Waals surface area contributed by atoms with Crippen LogP contribution in [0.25, 0.3) is 10.8 Å². The Labute approximate surface area is 143 Å². The number of hydrazone groups is 1. The first-order valence-corrected chi connectivity index (χ1v) is 8.67. The van der Waals surface area contributed by atoms with Gasteiger partial charge in [-0.2, -0.15) is 5.10 Å². The zero-order valence-electron chi connectivity index (χ0n) is 14.5. The Morgan fingerprint density at radius 3 is 2.62 bits per heavy atom. The normalized spacial score (nSPS) is 11.7. The summed E-state index contributed by atoms with van der Waals surface area (Å²) in [6.07, 6.45) is 6.06. The molecule has 4 nitrogen and oxygen atoms in total. The van der Waals surface area contributed by atoms with Crippen molar-refractivity contribution in [2.24, 2.45) is 5.10 Å². The molecule has 0 bridgehead atoms. The van der Waals surface area contributed by atoms with Crippen LogP contribution in [0.15, 0.2) is 41.5 Å². The van der Waals surface area contributed by atoms with Gasteiger partial charge in [0.15, 0.2) is 0 Å². The number of carbonyl (C=O) groups is 1. The molecule has 0 aliphatic rings. The van der Waals surface area contributed by atoms with Gasteiger partial charge < -0.3 is 5.11 Å². The highest BCUT2D eigenvalue weighted by atomic mass is 16.3. The lowest BCUT2D eigenvalue weighted by Crippen LogP contribution is -2.18. The van der Waals surface area contributed by atoms with Crippen LogP contribution >= 0.6 is 0 Å². The van der Waals surface area contributed by atoms with Crippen molar-refractivity contribution in [2.75, 3.05) is 0 Å². The number of aromatic hydroxyl groups is 1. The van der Waals surface area contributed by atoms with Gasteiger partial charge in [0.25, 0.3) is 0 Å². The number of phenols is 1. The van der Waals surface area contributed by atoms with Crippen LogP contribution in [-0.2, 0) is 4.79 Å². The highest BCUT2D eigenvalue weighted by Crippen LogP contribution is 2.28. The molecule has 0 radical (unpaired) electrons. The van der Waals surface area contributed by atoms with Crippen molar-refractivity contribution >= 4 is 22.4 Å². The third-order valence-corrected chi connectivity index (χ3v) is 4.15. The lowest BCUT2D eigenvalue weighted by molar-refractivity contribution is -0.121. The maximum Gasteiger partial charge on any atom is 0.240 e.